The minimum Gasteiger partial charge on any atom is -0.394 e. The molecule has 2 bridgehead atoms. The first-order valence-electron chi connectivity index (χ1n) is 6.96. The number of benzene rings is 1. The topological polar surface area (TPSA) is 49.5 Å². The summed E-state index contributed by atoms with van der Waals surface area (Å²) < 4.78 is 0. The van der Waals surface area contributed by atoms with Crippen LogP contribution in [0.2, 0.25) is 0 Å². The summed E-state index contributed by atoms with van der Waals surface area (Å²) in [5, 5.41) is 9.06. The van der Waals surface area contributed by atoms with Gasteiger partial charge in [0.15, 0.2) is 0 Å². The fraction of sp³-hybridized carbons (Fsp3) is 0.600. The third-order valence-corrected chi connectivity index (χ3v) is 4.65. The molecule has 3 aliphatic rings. The number of piperidine rings is 3. The van der Waals surface area contributed by atoms with E-state index in [1.807, 2.05) is 0 Å². The van der Waals surface area contributed by atoms with E-state index in [1.165, 1.54) is 38.0 Å². The van der Waals surface area contributed by atoms with Crippen LogP contribution in [0.4, 0.5) is 0 Å². The Hall–Kier alpha value is -0.900. The first-order valence-corrected chi connectivity index (χ1v) is 6.96. The Morgan fingerprint density at radius 2 is 1.89 bits per heavy atom. The monoisotopic (exact) mass is 246 g/mol. The van der Waals surface area contributed by atoms with Crippen molar-refractivity contribution in [3.05, 3.63) is 35.4 Å². The van der Waals surface area contributed by atoms with Crippen molar-refractivity contribution in [3.8, 4) is 0 Å². The van der Waals surface area contributed by atoms with E-state index in [0.29, 0.717) is 5.92 Å². The van der Waals surface area contributed by atoms with Gasteiger partial charge < -0.3 is 15.7 Å². The Morgan fingerprint density at radius 3 is 2.39 bits per heavy atom. The average Bonchev–Trinajstić information content (AvgIpc) is 2.48. The molecule has 0 aliphatic carbocycles. The minimum absolute atomic E-state index is 0.0131. The van der Waals surface area contributed by atoms with Crippen molar-refractivity contribution in [1.29, 1.82) is 0 Å². The van der Waals surface area contributed by atoms with E-state index in [0.717, 1.165) is 11.5 Å². The summed E-state index contributed by atoms with van der Waals surface area (Å²) in [6.07, 6.45) is 2.70. The van der Waals surface area contributed by atoms with E-state index in [1.54, 1.807) is 0 Å². The number of nitrogens with zero attached hydrogens (tertiary/aromatic N) is 1. The highest BCUT2D eigenvalue weighted by Crippen LogP contribution is 2.38. The molecule has 3 heteroatoms. The summed E-state index contributed by atoms with van der Waals surface area (Å²) in [6.45, 7) is 3.80. The van der Waals surface area contributed by atoms with Crippen molar-refractivity contribution in [3.63, 3.8) is 0 Å². The van der Waals surface area contributed by atoms with Gasteiger partial charge in [-0.15, -0.1) is 0 Å². The third-order valence-electron chi connectivity index (χ3n) is 4.65. The van der Waals surface area contributed by atoms with Crippen molar-refractivity contribution in [2.24, 2.45) is 11.7 Å². The highest BCUT2D eigenvalue weighted by molar-refractivity contribution is 5.29. The van der Waals surface area contributed by atoms with Gasteiger partial charge in [0.25, 0.3) is 0 Å². The molecule has 1 aromatic rings. The van der Waals surface area contributed by atoms with Gasteiger partial charge in [0.2, 0.25) is 0 Å². The molecule has 3 heterocycles. The molecule has 0 amide bonds. The number of aliphatic hydroxyl groups excluding tert-OH is 1. The molecule has 1 aromatic carbocycles. The van der Waals surface area contributed by atoms with E-state index in [4.69, 9.17) is 10.8 Å². The number of aliphatic hydroxyl groups is 1. The van der Waals surface area contributed by atoms with Crippen molar-refractivity contribution < 1.29 is 5.11 Å². The molecule has 0 aromatic heterocycles. The highest BCUT2D eigenvalue weighted by atomic mass is 16.3. The van der Waals surface area contributed by atoms with Crippen LogP contribution in [0, 0.1) is 5.92 Å². The maximum Gasteiger partial charge on any atom is 0.0624 e. The van der Waals surface area contributed by atoms with E-state index in [-0.39, 0.29) is 12.6 Å². The van der Waals surface area contributed by atoms with E-state index < -0.39 is 0 Å². The Morgan fingerprint density at radius 1 is 1.22 bits per heavy atom. The molecular weight excluding hydrogens is 224 g/mol. The van der Waals surface area contributed by atoms with Gasteiger partial charge in [-0.1, -0.05) is 24.3 Å². The predicted molar refractivity (Wildman–Crippen MR) is 72.4 cm³/mol. The zero-order valence-corrected chi connectivity index (χ0v) is 10.8. The molecule has 3 saturated heterocycles. The zero-order chi connectivity index (χ0) is 12.5. The molecule has 3 fully saturated rings. The molecule has 3 N–H and O–H groups in total. The Bertz CT molecular complexity index is 395. The fourth-order valence-corrected chi connectivity index (χ4v) is 3.44. The molecule has 0 radical (unpaired) electrons. The van der Waals surface area contributed by atoms with Gasteiger partial charge >= 0.3 is 0 Å². The predicted octanol–water partition coefficient (Wildman–Crippen LogP) is 1.49. The van der Waals surface area contributed by atoms with Crippen LogP contribution in [0.15, 0.2) is 24.3 Å². The second kappa shape index (κ2) is 5.00. The molecule has 0 saturated carbocycles. The summed E-state index contributed by atoms with van der Waals surface area (Å²) in [4.78, 5) is 2.58. The second-order valence-electron chi connectivity index (χ2n) is 5.70. The van der Waals surface area contributed by atoms with Gasteiger partial charge in [-0.25, -0.2) is 0 Å². The maximum atomic E-state index is 9.06. The summed E-state index contributed by atoms with van der Waals surface area (Å²) in [7, 11) is 0. The number of nitrogens with two attached hydrogens (primary N) is 1. The SMILES string of the molecule is NC(CO)c1ccc(C2CN3CCC2CC3)cc1. The quantitative estimate of drug-likeness (QED) is 0.849. The van der Waals surface area contributed by atoms with Gasteiger partial charge in [-0.3, -0.25) is 0 Å². The number of hydrogen-bond acceptors (Lipinski definition) is 3. The number of hydrogen-bond donors (Lipinski definition) is 2. The molecule has 98 valence electrons. The Balaban J connectivity index is 1.76. The van der Waals surface area contributed by atoms with Crippen LogP contribution < -0.4 is 5.73 Å². The first-order chi connectivity index (χ1) is 8.78. The van der Waals surface area contributed by atoms with Gasteiger partial charge in [-0.05, 0) is 48.9 Å². The number of rotatable bonds is 3. The Kier molecular flexibility index (Phi) is 3.37. The molecule has 18 heavy (non-hydrogen) atoms. The lowest BCUT2D eigenvalue weighted by Crippen LogP contribution is -2.46. The number of fused-ring (bicyclic) bond motifs is 3. The van der Waals surface area contributed by atoms with Crippen LogP contribution in [0.3, 0.4) is 0 Å². The average molecular weight is 246 g/mol. The summed E-state index contributed by atoms with van der Waals surface area (Å²) in [5.74, 6) is 1.57. The lowest BCUT2D eigenvalue weighted by atomic mass is 9.75. The molecular formula is C15H22N2O. The summed E-state index contributed by atoms with van der Waals surface area (Å²) in [6, 6.07) is 8.32. The van der Waals surface area contributed by atoms with Crippen LogP contribution in [-0.2, 0) is 0 Å². The maximum absolute atomic E-state index is 9.06. The van der Waals surface area contributed by atoms with Crippen LogP contribution in [0.5, 0.6) is 0 Å². The molecule has 2 atom stereocenters. The van der Waals surface area contributed by atoms with Crippen molar-refractivity contribution >= 4 is 0 Å². The standard InChI is InChI=1S/C15H22N2O/c16-15(10-18)13-3-1-11(2-4-13)14-9-17-7-5-12(14)6-8-17/h1-4,12,14-15,18H,5-10,16H2. The normalized spacial score (nSPS) is 32.4. The van der Waals surface area contributed by atoms with Crippen molar-refractivity contribution in [2.45, 2.75) is 24.8 Å². The van der Waals surface area contributed by atoms with E-state index in [2.05, 4.69) is 29.2 Å². The molecule has 2 unspecified atom stereocenters. The largest absolute Gasteiger partial charge is 0.394 e. The summed E-state index contributed by atoms with van der Waals surface area (Å²) in [5.41, 5.74) is 8.30. The lowest BCUT2D eigenvalue weighted by Gasteiger charge is -2.45. The van der Waals surface area contributed by atoms with Crippen molar-refractivity contribution in [1.82, 2.24) is 4.90 Å². The van der Waals surface area contributed by atoms with E-state index >= 15 is 0 Å². The van der Waals surface area contributed by atoms with E-state index in [9.17, 15) is 0 Å². The lowest BCUT2D eigenvalue weighted by molar-refractivity contribution is 0.0871. The first kappa shape index (κ1) is 12.2. The van der Waals surface area contributed by atoms with Crippen molar-refractivity contribution in [2.75, 3.05) is 26.2 Å². The smallest absolute Gasteiger partial charge is 0.0624 e. The zero-order valence-electron chi connectivity index (χ0n) is 10.8. The van der Waals surface area contributed by atoms with Crippen LogP contribution in [0.25, 0.3) is 0 Å². The van der Waals surface area contributed by atoms with Crippen LogP contribution in [0.1, 0.15) is 35.9 Å². The van der Waals surface area contributed by atoms with Gasteiger partial charge in [-0.2, -0.15) is 0 Å². The molecule has 3 nitrogen and oxygen atoms in total. The second-order valence-corrected chi connectivity index (χ2v) is 5.70. The molecule has 4 rings (SSSR count). The van der Waals surface area contributed by atoms with Crippen LogP contribution in [-0.4, -0.2) is 36.2 Å². The minimum atomic E-state index is -0.245. The van der Waals surface area contributed by atoms with Gasteiger partial charge in [0, 0.05) is 6.54 Å². The summed E-state index contributed by atoms with van der Waals surface area (Å²) >= 11 is 0. The molecule has 0 spiro atoms. The third kappa shape index (κ3) is 2.18. The molecule has 3 aliphatic heterocycles. The van der Waals surface area contributed by atoms with Gasteiger partial charge in [0.1, 0.15) is 0 Å². The Labute approximate surface area is 109 Å². The van der Waals surface area contributed by atoms with Crippen LogP contribution >= 0.6 is 0 Å². The highest BCUT2D eigenvalue weighted by Gasteiger charge is 2.34. The fourth-order valence-electron chi connectivity index (χ4n) is 3.44. The van der Waals surface area contributed by atoms with Gasteiger partial charge in [0.05, 0.1) is 12.6 Å².